The van der Waals surface area contributed by atoms with Gasteiger partial charge in [0.1, 0.15) is 5.75 Å². The second-order valence-corrected chi connectivity index (χ2v) is 6.13. The van der Waals surface area contributed by atoms with Crippen molar-refractivity contribution >= 4 is 17.5 Å². The number of likely N-dealkylation sites (N-methyl/N-ethyl adjacent to an activating group) is 2. The number of phenols is 1. The molecule has 0 spiro atoms. The van der Waals surface area contributed by atoms with E-state index in [0.29, 0.717) is 11.6 Å². The Hall–Kier alpha value is -1.30. The first kappa shape index (κ1) is 16.1. The number of hydrogen-bond donors (Lipinski definition) is 2. The molecule has 1 fully saturated rings. The van der Waals surface area contributed by atoms with E-state index in [-0.39, 0.29) is 17.6 Å². The number of carbonyl (C=O) groups is 1. The summed E-state index contributed by atoms with van der Waals surface area (Å²) in [6.45, 7) is 3.92. The highest BCUT2D eigenvalue weighted by molar-refractivity contribution is 6.32. The topological polar surface area (TPSA) is 55.8 Å². The van der Waals surface area contributed by atoms with E-state index < -0.39 is 0 Å². The number of nitrogens with zero attached hydrogens (tertiary/aromatic N) is 2. The number of nitrogens with one attached hydrogen (secondary N) is 1. The minimum atomic E-state index is -0.0323. The predicted octanol–water partition coefficient (Wildman–Crippen LogP) is 1.16. The van der Waals surface area contributed by atoms with Crippen molar-refractivity contribution in [3.8, 4) is 5.75 Å². The number of benzene rings is 1. The zero-order valence-corrected chi connectivity index (χ0v) is 13.2. The van der Waals surface area contributed by atoms with E-state index in [1.807, 2.05) is 14.1 Å². The molecule has 1 aromatic rings. The third-order valence-corrected chi connectivity index (χ3v) is 4.08. The van der Waals surface area contributed by atoms with Crippen LogP contribution < -0.4 is 5.32 Å². The largest absolute Gasteiger partial charge is 0.506 e. The zero-order valence-electron chi connectivity index (χ0n) is 12.5. The monoisotopic (exact) mass is 311 g/mol. The number of rotatable bonds is 3. The predicted molar refractivity (Wildman–Crippen MR) is 83.4 cm³/mol. The summed E-state index contributed by atoms with van der Waals surface area (Å²) in [5.74, 6) is 0.0774. The van der Waals surface area contributed by atoms with Crippen molar-refractivity contribution < 1.29 is 9.90 Å². The summed E-state index contributed by atoms with van der Waals surface area (Å²) in [5, 5.41) is 12.6. The summed E-state index contributed by atoms with van der Waals surface area (Å²) < 4.78 is 0. The molecule has 0 saturated carbocycles. The van der Waals surface area contributed by atoms with Gasteiger partial charge in [-0.1, -0.05) is 17.7 Å². The normalized spacial score (nSPS) is 18.4. The van der Waals surface area contributed by atoms with Gasteiger partial charge < -0.3 is 20.2 Å². The summed E-state index contributed by atoms with van der Waals surface area (Å²) >= 11 is 5.86. The lowest BCUT2D eigenvalue weighted by Gasteiger charge is -2.20. The van der Waals surface area contributed by atoms with Gasteiger partial charge in [-0.05, 0) is 31.8 Å². The maximum atomic E-state index is 12.3. The average Bonchev–Trinajstić information content (AvgIpc) is 2.61. The second kappa shape index (κ2) is 7.11. The maximum absolute atomic E-state index is 12.3. The number of amides is 1. The van der Waals surface area contributed by atoms with Gasteiger partial charge in [-0.15, -0.1) is 0 Å². The van der Waals surface area contributed by atoms with Gasteiger partial charge in [0.25, 0.3) is 0 Å². The Morgan fingerprint density at radius 2 is 1.95 bits per heavy atom. The molecule has 116 valence electrons. The molecule has 1 aliphatic rings. The van der Waals surface area contributed by atoms with Crippen LogP contribution in [0.1, 0.15) is 5.56 Å². The first-order chi connectivity index (χ1) is 9.95. The van der Waals surface area contributed by atoms with Crippen LogP contribution in [0.4, 0.5) is 0 Å². The Bertz CT molecular complexity index is 498. The molecule has 2 N–H and O–H groups in total. The van der Waals surface area contributed by atoms with E-state index >= 15 is 0 Å². The first-order valence-electron chi connectivity index (χ1n) is 7.08. The van der Waals surface area contributed by atoms with Crippen molar-refractivity contribution in [2.75, 3.05) is 40.3 Å². The highest BCUT2D eigenvalue weighted by atomic mass is 35.5. The average molecular weight is 312 g/mol. The minimum absolute atomic E-state index is 0.0323. The molecular weight excluding hydrogens is 290 g/mol. The Labute approximate surface area is 130 Å². The third kappa shape index (κ3) is 4.59. The Morgan fingerprint density at radius 1 is 1.33 bits per heavy atom. The van der Waals surface area contributed by atoms with Crippen LogP contribution >= 0.6 is 11.6 Å². The molecule has 2 rings (SSSR count). The van der Waals surface area contributed by atoms with Crippen molar-refractivity contribution in [1.29, 1.82) is 0 Å². The number of hydrogen-bond acceptors (Lipinski definition) is 4. The van der Waals surface area contributed by atoms with E-state index in [0.717, 1.165) is 31.7 Å². The molecule has 0 radical (unpaired) electrons. The Morgan fingerprint density at radius 3 is 2.52 bits per heavy atom. The fourth-order valence-electron chi connectivity index (χ4n) is 2.49. The van der Waals surface area contributed by atoms with Crippen molar-refractivity contribution in [3.05, 3.63) is 28.8 Å². The minimum Gasteiger partial charge on any atom is -0.506 e. The van der Waals surface area contributed by atoms with E-state index in [1.54, 1.807) is 12.1 Å². The van der Waals surface area contributed by atoms with Gasteiger partial charge in [0.05, 0.1) is 10.9 Å². The van der Waals surface area contributed by atoms with Crippen LogP contribution in [0, 0.1) is 5.92 Å². The van der Waals surface area contributed by atoms with Crippen LogP contribution in [0.25, 0.3) is 0 Å². The second-order valence-electron chi connectivity index (χ2n) is 5.72. The summed E-state index contributed by atoms with van der Waals surface area (Å²) in [5.41, 5.74) is 0.876. The van der Waals surface area contributed by atoms with Gasteiger partial charge in [0, 0.05) is 32.7 Å². The van der Waals surface area contributed by atoms with Crippen LogP contribution in [-0.4, -0.2) is 61.1 Å². The fraction of sp³-hybridized carbons (Fsp3) is 0.533. The van der Waals surface area contributed by atoms with Gasteiger partial charge in [-0.25, -0.2) is 0 Å². The molecular formula is C15H22ClN3O2. The fourth-order valence-corrected chi connectivity index (χ4v) is 2.70. The molecule has 0 unspecified atom stereocenters. The quantitative estimate of drug-likeness (QED) is 0.879. The van der Waals surface area contributed by atoms with E-state index in [4.69, 9.17) is 11.6 Å². The number of aromatic hydroxyl groups is 1. The molecule has 6 heteroatoms. The molecule has 1 aliphatic heterocycles. The van der Waals surface area contributed by atoms with Gasteiger partial charge in [0.2, 0.25) is 5.91 Å². The lowest BCUT2D eigenvalue weighted by atomic mass is 10.1. The summed E-state index contributed by atoms with van der Waals surface area (Å²) in [6.07, 6.45) is 0. The Balaban J connectivity index is 1.92. The molecule has 5 nitrogen and oxygen atoms in total. The number of phenolic OH excluding ortho intramolecular Hbond substituents is 1. The molecule has 21 heavy (non-hydrogen) atoms. The standard InChI is InChI=1S/C15H22ClN3O2/c1-18-5-6-19(2)10-12(9-18)15(21)17-8-11-3-4-14(20)13(16)7-11/h3-4,7,12,20H,5-6,8-10H2,1-2H3,(H,17,21). The molecule has 0 aromatic heterocycles. The lowest BCUT2D eigenvalue weighted by Crippen LogP contribution is -2.39. The number of halogens is 1. The molecule has 1 saturated heterocycles. The van der Waals surface area contributed by atoms with Crippen LogP contribution in [-0.2, 0) is 11.3 Å². The van der Waals surface area contributed by atoms with Crippen molar-refractivity contribution in [3.63, 3.8) is 0 Å². The van der Waals surface area contributed by atoms with E-state index in [2.05, 4.69) is 15.1 Å². The van der Waals surface area contributed by atoms with Crippen LogP contribution in [0.3, 0.4) is 0 Å². The number of carbonyl (C=O) groups excluding carboxylic acids is 1. The molecule has 0 atom stereocenters. The van der Waals surface area contributed by atoms with Crippen LogP contribution in [0.2, 0.25) is 5.02 Å². The van der Waals surface area contributed by atoms with Gasteiger partial charge in [-0.3, -0.25) is 4.79 Å². The smallest absolute Gasteiger partial charge is 0.225 e. The van der Waals surface area contributed by atoms with Gasteiger partial charge in [0.15, 0.2) is 0 Å². The van der Waals surface area contributed by atoms with Crippen molar-refractivity contribution in [2.24, 2.45) is 5.92 Å². The van der Waals surface area contributed by atoms with Gasteiger partial charge in [-0.2, -0.15) is 0 Å². The summed E-state index contributed by atoms with van der Waals surface area (Å²) in [7, 11) is 4.08. The molecule has 1 aromatic carbocycles. The molecule has 0 aliphatic carbocycles. The van der Waals surface area contributed by atoms with Crippen LogP contribution in [0.15, 0.2) is 18.2 Å². The molecule has 1 amide bonds. The van der Waals surface area contributed by atoms with E-state index in [9.17, 15) is 9.90 Å². The zero-order chi connectivity index (χ0) is 15.4. The lowest BCUT2D eigenvalue weighted by molar-refractivity contribution is -0.125. The summed E-state index contributed by atoms with van der Waals surface area (Å²) in [4.78, 5) is 16.7. The SMILES string of the molecule is CN1CCN(C)CC(C(=O)NCc2ccc(O)c(Cl)c2)C1. The molecule has 0 bridgehead atoms. The Kier molecular flexibility index (Phi) is 5.45. The first-order valence-corrected chi connectivity index (χ1v) is 7.45. The summed E-state index contributed by atoms with van der Waals surface area (Å²) in [6, 6.07) is 4.96. The van der Waals surface area contributed by atoms with Crippen molar-refractivity contribution in [1.82, 2.24) is 15.1 Å². The van der Waals surface area contributed by atoms with Gasteiger partial charge >= 0.3 is 0 Å². The van der Waals surface area contributed by atoms with Crippen molar-refractivity contribution in [2.45, 2.75) is 6.54 Å². The third-order valence-electron chi connectivity index (χ3n) is 3.78. The highest BCUT2D eigenvalue weighted by Gasteiger charge is 2.24. The molecule has 1 heterocycles. The van der Waals surface area contributed by atoms with E-state index in [1.165, 1.54) is 6.07 Å². The maximum Gasteiger partial charge on any atom is 0.225 e. The van der Waals surface area contributed by atoms with Crippen LogP contribution in [0.5, 0.6) is 5.75 Å². The highest BCUT2D eigenvalue weighted by Crippen LogP contribution is 2.23.